The predicted octanol–water partition coefficient (Wildman–Crippen LogP) is 4.93. The van der Waals surface area contributed by atoms with Gasteiger partial charge in [0.05, 0.1) is 29.0 Å². The fourth-order valence-electron chi connectivity index (χ4n) is 4.94. The molecule has 0 N–H and O–H groups in total. The van der Waals surface area contributed by atoms with E-state index >= 15 is 0 Å². The van der Waals surface area contributed by atoms with Gasteiger partial charge in [0, 0.05) is 10.9 Å². The molecule has 10 nitrogen and oxygen atoms in total. The molecule has 3 aromatic rings. The Hall–Kier alpha value is -3.70. The van der Waals surface area contributed by atoms with Crippen molar-refractivity contribution in [3.63, 3.8) is 0 Å². The Labute approximate surface area is 227 Å². The number of imide groups is 1. The van der Waals surface area contributed by atoms with Crippen LogP contribution in [0.4, 0.5) is 9.59 Å². The van der Waals surface area contributed by atoms with Gasteiger partial charge >= 0.3 is 12.2 Å². The summed E-state index contributed by atoms with van der Waals surface area (Å²) in [5.41, 5.74) is -1.17. The first-order valence-corrected chi connectivity index (χ1v) is 14.1. The highest BCUT2D eigenvalue weighted by Gasteiger charge is 2.62. The van der Waals surface area contributed by atoms with Gasteiger partial charge in [-0.15, -0.1) is 0 Å². The molecule has 2 amide bonds. The zero-order chi connectivity index (χ0) is 28.5. The highest BCUT2D eigenvalue weighted by atomic mass is 32.2. The van der Waals surface area contributed by atoms with Gasteiger partial charge in [-0.2, -0.15) is 4.31 Å². The zero-order valence-electron chi connectivity index (χ0n) is 22.7. The molecule has 11 heteroatoms. The molecule has 2 aliphatic rings. The lowest BCUT2D eigenvalue weighted by atomic mass is 10.1. The number of ether oxygens (including phenoxy) is 2. The number of aromatic nitrogens is 1. The third kappa shape index (κ3) is 4.70. The van der Waals surface area contributed by atoms with Crippen LogP contribution in [0.5, 0.6) is 0 Å². The average Bonchev–Trinajstić information content (AvgIpc) is 3.47. The molecule has 0 spiro atoms. The van der Waals surface area contributed by atoms with Crippen LogP contribution in [0, 0.1) is 0 Å². The Bertz CT molecular complexity index is 1600. The smallest absolute Gasteiger partial charge is 0.419 e. The van der Waals surface area contributed by atoms with Crippen LogP contribution in [0.25, 0.3) is 10.9 Å². The summed E-state index contributed by atoms with van der Waals surface area (Å²) in [5, 5.41) is 0.526. The van der Waals surface area contributed by atoms with Gasteiger partial charge in [-0.1, -0.05) is 36.4 Å². The van der Waals surface area contributed by atoms with Crippen molar-refractivity contribution in [2.24, 2.45) is 0 Å². The van der Waals surface area contributed by atoms with Gasteiger partial charge in [0.15, 0.2) is 0 Å². The van der Waals surface area contributed by atoms with Crippen LogP contribution < -0.4 is 0 Å². The lowest BCUT2D eigenvalue weighted by molar-refractivity contribution is 0.0231. The van der Waals surface area contributed by atoms with Gasteiger partial charge in [0.25, 0.3) is 5.91 Å². The molecule has 39 heavy (non-hydrogen) atoms. The lowest BCUT2D eigenvalue weighted by Crippen LogP contribution is -2.44. The minimum atomic E-state index is -4.00. The van der Waals surface area contributed by atoms with Crippen molar-refractivity contribution >= 4 is 39.0 Å². The largest absolute Gasteiger partial charge is 0.443 e. The number of nitrogens with zero attached hydrogens (tertiary/aromatic N) is 3. The monoisotopic (exact) mass is 553 g/mol. The highest BCUT2D eigenvalue weighted by Crippen LogP contribution is 2.53. The Morgan fingerprint density at radius 1 is 0.846 bits per heavy atom. The molecule has 0 aliphatic carbocycles. The number of amides is 2. The molecule has 0 bridgehead atoms. The van der Waals surface area contributed by atoms with Crippen LogP contribution in [0.3, 0.4) is 0 Å². The van der Waals surface area contributed by atoms with E-state index in [1.165, 1.54) is 16.4 Å². The van der Waals surface area contributed by atoms with Crippen LogP contribution in [0.15, 0.2) is 59.5 Å². The molecule has 5 rings (SSSR count). The number of fused-ring (bicyclic) bond motifs is 5. The maximum absolute atomic E-state index is 14.0. The van der Waals surface area contributed by atoms with E-state index in [2.05, 4.69) is 0 Å². The van der Waals surface area contributed by atoms with Crippen molar-refractivity contribution in [1.82, 2.24) is 13.8 Å². The van der Waals surface area contributed by atoms with Crippen LogP contribution in [-0.4, -0.2) is 64.1 Å². The molecule has 1 aromatic heterocycles. The molecule has 2 aromatic carbocycles. The Morgan fingerprint density at radius 2 is 1.41 bits per heavy atom. The Balaban J connectivity index is 1.74. The normalized spacial score (nSPS) is 21.1. The molecule has 1 saturated heterocycles. The number of hydrogen-bond acceptors (Lipinski definition) is 7. The van der Waals surface area contributed by atoms with E-state index in [0.29, 0.717) is 16.5 Å². The average molecular weight is 554 g/mol. The Morgan fingerprint density at radius 3 is 2.03 bits per heavy atom. The van der Waals surface area contributed by atoms with Gasteiger partial charge in [-0.25, -0.2) is 27.5 Å². The fraction of sp³-hybridized carbons (Fsp3) is 0.393. The predicted molar refractivity (Wildman–Crippen MR) is 143 cm³/mol. The summed E-state index contributed by atoms with van der Waals surface area (Å²) < 4.78 is 41.1. The molecule has 3 atom stereocenters. The molecule has 1 unspecified atom stereocenters. The number of benzene rings is 2. The second kappa shape index (κ2) is 8.92. The number of para-hydroxylation sites is 1. The minimum Gasteiger partial charge on any atom is -0.443 e. The van der Waals surface area contributed by atoms with Crippen molar-refractivity contribution in [2.75, 3.05) is 6.54 Å². The topological polar surface area (TPSA) is 115 Å². The molecular weight excluding hydrogens is 522 g/mol. The van der Waals surface area contributed by atoms with Crippen molar-refractivity contribution in [3.8, 4) is 0 Å². The summed E-state index contributed by atoms with van der Waals surface area (Å²) in [6.07, 6.45) is -1.74. The number of rotatable bonds is 2. The maximum Gasteiger partial charge on any atom is 0.419 e. The summed E-state index contributed by atoms with van der Waals surface area (Å²) in [5.74, 6) is -0.759. The van der Waals surface area contributed by atoms with Gasteiger partial charge in [0.2, 0.25) is 10.0 Å². The van der Waals surface area contributed by atoms with Crippen molar-refractivity contribution < 1.29 is 32.3 Å². The van der Waals surface area contributed by atoms with E-state index in [9.17, 15) is 22.8 Å². The first kappa shape index (κ1) is 26.9. The van der Waals surface area contributed by atoms with E-state index in [1.807, 2.05) is 0 Å². The van der Waals surface area contributed by atoms with Gasteiger partial charge in [-0.3, -0.25) is 4.79 Å². The second-order valence-corrected chi connectivity index (χ2v) is 13.5. The summed E-state index contributed by atoms with van der Waals surface area (Å²) in [6, 6.07) is 13.3. The van der Waals surface area contributed by atoms with Crippen molar-refractivity contribution in [3.05, 3.63) is 65.9 Å². The molecule has 206 valence electrons. The SMILES string of the molecule is CC(C)(C)OC(=O)N1C[C@H]2[C@@H](c3c(n(C(=O)OC(C)(C)C)c4ccccc34)C1=O)N2S(=O)(=O)c1ccccc1. The molecule has 3 heterocycles. The molecule has 1 fully saturated rings. The number of hydrogen-bond donors (Lipinski definition) is 0. The minimum absolute atomic E-state index is 0.0886. The summed E-state index contributed by atoms with van der Waals surface area (Å²) in [6.45, 7) is 9.88. The fourth-order valence-corrected chi connectivity index (χ4v) is 6.72. The molecule has 2 aliphatic heterocycles. The van der Waals surface area contributed by atoms with E-state index in [4.69, 9.17) is 9.47 Å². The number of carbonyl (C=O) groups excluding carboxylic acids is 3. The first-order valence-electron chi connectivity index (χ1n) is 12.6. The number of sulfonamides is 1. The molecule has 0 saturated carbocycles. The second-order valence-electron chi connectivity index (χ2n) is 11.7. The summed E-state index contributed by atoms with van der Waals surface area (Å²) >= 11 is 0. The number of carbonyl (C=O) groups is 3. The van der Waals surface area contributed by atoms with Crippen LogP contribution in [-0.2, 0) is 19.5 Å². The third-order valence-corrected chi connectivity index (χ3v) is 8.33. The summed E-state index contributed by atoms with van der Waals surface area (Å²) in [4.78, 5) is 41.8. The van der Waals surface area contributed by atoms with E-state index in [0.717, 1.165) is 9.47 Å². The van der Waals surface area contributed by atoms with E-state index < -0.39 is 51.4 Å². The zero-order valence-corrected chi connectivity index (χ0v) is 23.5. The van der Waals surface area contributed by atoms with E-state index in [1.54, 1.807) is 84.0 Å². The van der Waals surface area contributed by atoms with Crippen molar-refractivity contribution in [1.29, 1.82) is 0 Å². The summed E-state index contributed by atoms with van der Waals surface area (Å²) in [7, 11) is -4.00. The first-order chi connectivity index (χ1) is 18.1. The maximum atomic E-state index is 14.0. The van der Waals surface area contributed by atoms with Crippen LogP contribution in [0.1, 0.15) is 63.6 Å². The van der Waals surface area contributed by atoms with Crippen molar-refractivity contribution in [2.45, 2.75) is 69.7 Å². The van der Waals surface area contributed by atoms with Gasteiger partial charge in [-0.05, 0) is 59.7 Å². The highest BCUT2D eigenvalue weighted by molar-refractivity contribution is 7.89. The van der Waals surface area contributed by atoms with E-state index in [-0.39, 0.29) is 17.1 Å². The van der Waals surface area contributed by atoms with Gasteiger partial charge in [0.1, 0.15) is 16.9 Å². The van der Waals surface area contributed by atoms with Crippen LogP contribution in [0.2, 0.25) is 0 Å². The third-order valence-electron chi connectivity index (χ3n) is 6.41. The lowest BCUT2D eigenvalue weighted by Gasteiger charge is -2.26. The molecule has 0 radical (unpaired) electrons. The van der Waals surface area contributed by atoms with Crippen LogP contribution >= 0.6 is 0 Å². The molecular formula is C28H31N3O7S. The standard InChI is InChI=1S/C28H31N3O7S/c1-27(2,3)37-25(33)29-16-20-22(31(20)39(35,36)17-12-8-7-9-13-17)21-18-14-10-11-15-19(18)30(23(21)24(29)32)26(34)38-28(4,5)6/h7-15,20,22H,16H2,1-6H3/t20-,22-,31?/m0/s1. The Kier molecular flexibility index (Phi) is 6.15. The van der Waals surface area contributed by atoms with Gasteiger partial charge < -0.3 is 9.47 Å². The quantitative estimate of drug-likeness (QED) is 0.413.